The zero-order valence-electron chi connectivity index (χ0n) is 15.7. The number of Topliss-reactive ketones (excluding diaryl/α,β-unsaturated/α-hetero) is 1. The Morgan fingerprint density at radius 2 is 1.66 bits per heavy atom. The Hall–Kier alpha value is -3.95. The highest BCUT2D eigenvalue weighted by Gasteiger charge is 2.19. The van der Waals surface area contributed by atoms with Crippen LogP contribution in [0, 0.1) is 10.1 Å². The lowest BCUT2D eigenvalue weighted by molar-refractivity contribution is -0.385. The number of methoxy groups -OCH3 is 2. The zero-order valence-corrected chi connectivity index (χ0v) is 15.7. The molecule has 29 heavy (non-hydrogen) atoms. The normalized spacial score (nSPS) is 10.0. The number of nitrogens with zero attached hydrogens (tertiary/aromatic N) is 1. The summed E-state index contributed by atoms with van der Waals surface area (Å²) in [6.45, 7) is -0.996. The van der Waals surface area contributed by atoms with Crippen LogP contribution in [0.15, 0.2) is 42.5 Å². The van der Waals surface area contributed by atoms with E-state index in [1.54, 1.807) is 12.1 Å². The Morgan fingerprint density at radius 1 is 1.00 bits per heavy atom. The molecule has 0 heterocycles. The largest absolute Gasteiger partial charge is 0.497 e. The Bertz CT molecular complexity index is 924. The fourth-order valence-corrected chi connectivity index (χ4v) is 2.29. The predicted octanol–water partition coefficient (Wildman–Crippen LogP) is 1.77. The second kappa shape index (κ2) is 9.83. The van der Waals surface area contributed by atoms with Gasteiger partial charge < -0.3 is 19.5 Å². The van der Waals surface area contributed by atoms with Gasteiger partial charge in [0.25, 0.3) is 5.91 Å². The molecule has 0 aliphatic carbocycles. The first-order valence-corrected chi connectivity index (χ1v) is 8.29. The molecule has 2 rings (SSSR count). The van der Waals surface area contributed by atoms with Crippen molar-refractivity contribution in [1.29, 1.82) is 0 Å². The molecular weight excluding hydrogens is 384 g/mol. The van der Waals surface area contributed by atoms with Crippen LogP contribution in [0.2, 0.25) is 0 Å². The monoisotopic (exact) mass is 402 g/mol. The Morgan fingerprint density at radius 3 is 2.24 bits per heavy atom. The van der Waals surface area contributed by atoms with Crippen molar-refractivity contribution in [2.75, 3.05) is 27.4 Å². The van der Waals surface area contributed by atoms with E-state index in [9.17, 15) is 24.5 Å². The molecule has 0 atom stereocenters. The van der Waals surface area contributed by atoms with E-state index in [1.807, 2.05) is 0 Å². The second-order valence-corrected chi connectivity index (χ2v) is 5.64. The lowest BCUT2D eigenvalue weighted by Gasteiger charge is -2.08. The third kappa shape index (κ3) is 5.76. The Labute approximate surface area is 165 Å². The fourth-order valence-electron chi connectivity index (χ4n) is 2.29. The highest BCUT2D eigenvalue weighted by atomic mass is 16.6. The van der Waals surface area contributed by atoms with E-state index in [4.69, 9.17) is 14.2 Å². The summed E-state index contributed by atoms with van der Waals surface area (Å²) in [5.41, 5.74) is -0.0689. The predicted molar refractivity (Wildman–Crippen MR) is 100 cm³/mol. The lowest BCUT2D eigenvalue weighted by atomic mass is 10.1. The maximum Gasteiger partial charge on any atom is 0.325 e. The molecule has 0 aromatic heterocycles. The smallest absolute Gasteiger partial charge is 0.325 e. The molecule has 0 aliphatic heterocycles. The minimum Gasteiger partial charge on any atom is -0.497 e. The summed E-state index contributed by atoms with van der Waals surface area (Å²) in [5.74, 6) is -1.38. The molecule has 2 aromatic rings. The molecule has 0 fully saturated rings. The number of nitro groups is 1. The minimum absolute atomic E-state index is 0.00278. The summed E-state index contributed by atoms with van der Waals surface area (Å²) in [6.07, 6.45) is 0. The Balaban J connectivity index is 1.87. The number of rotatable bonds is 9. The van der Waals surface area contributed by atoms with Gasteiger partial charge in [-0.3, -0.25) is 24.5 Å². The first kappa shape index (κ1) is 21.4. The van der Waals surface area contributed by atoms with Crippen molar-refractivity contribution in [2.24, 2.45) is 0 Å². The average Bonchev–Trinajstić information content (AvgIpc) is 2.75. The number of esters is 1. The quantitative estimate of drug-likeness (QED) is 0.290. The molecule has 2 aromatic carbocycles. The second-order valence-electron chi connectivity index (χ2n) is 5.64. The van der Waals surface area contributed by atoms with E-state index in [1.165, 1.54) is 38.5 Å². The number of benzene rings is 2. The van der Waals surface area contributed by atoms with Crippen molar-refractivity contribution in [3.8, 4) is 11.5 Å². The van der Waals surface area contributed by atoms with Gasteiger partial charge >= 0.3 is 11.7 Å². The summed E-state index contributed by atoms with van der Waals surface area (Å²) in [6, 6.07) is 9.90. The first-order valence-electron chi connectivity index (χ1n) is 8.29. The number of carbonyl (C=O) groups is 3. The zero-order chi connectivity index (χ0) is 21.4. The van der Waals surface area contributed by atoms with Gasteiger partial charge in [-0.1, -0.05) is 0 Å². The molecule has 1 amide bonds. The van der Waals surface area contributed by atoms with Gasteiger partial charge in [-0.05, 0) is 36.4 Å². The molecular formula is C19H18N2O8. The molecule has 10 heteroatoms. The molecule has 0 saturated carbocycles. The number of ketones is 1. The number of ether oxygens (including phenoxy) is 3. The number of nitrogens with one attached hydrogen (secondary N) is 1. The molecule has 0 spiro atoms. The maximum absolute atomic E-state index is 12.1. The van der Waals surface area contributed by atoms with Gasteiger partial charge in [0.05, 0.1) is 19.1 Å². The van der Waals surface area contributed by atoms with E-state index in [0.717, 1.165) is 6.07 Å². The summed E-state index contributed by atoms with van der Waals surface area (Å²) in [7, 11) is 2.77. The maximum atomic E-state index is 12.1. The van der Waals surface area contributed by atoms with Crippen molar-refractivity contribution < 1.29 is 33.5 Å². The van der Waals surface area contributed by atoms with Gasteiger partial charge in [0.1, 0.15) is 12.3 Å². The number of hydrogen-bond acceptors (Lipinski definition) is 8. The van der Waals surface area contributed by atoms with Gasteiger partial charge in [0, 0.05) is 17.2 Å². The van der Waals surface area contributed by atoms with Crippen LogP contribution in [0.5, 0.6) is 11.5 Å². The van der Waals surface area contributed by atoms with E-state index in [-0.39, 0.29) is 17.0 Å². The molecule has 0 bridgehead atoms. The molecule has 0 unspecified atom stereocenters. The number of amides is 1. The third-order valence-electron chi connectivity index (χ3n) is 3.81. The molecule has 0 saturated heterocycles. The molecule has 0 radical (unpaired) electrons. The average molecular weight is 402 g/mol. The summed E-state index contributed by atoms with van der Waals surface area (Å²) in [5, 5.41) is 13.3. The summed E-state index contributed by atoms with van der Waals surface area (Å²) in [4.78, 5) is 46.1. The van der Waals surface area contributed by atoms with Gasteiger partial charge in [-0.25, -0.2) is 0 Å². The van der Waals surface area contributed by atoms with E-state index in [2.05, 4.69) is 5.32 Å². The van der Waals surface area contributed by atoms with Crippen LogP contribution >= 0.6 is 0 Å². The van der Waals surface area contributed by atoms with Crippen LogP contribution in [0.25, 0.3) is 0 Å². The highest BCUT2D eigenvalue weighted by molar-refractivity contribution is 5.99. The van der Waals surface area contributed by atoms with Crippen molar-refractivity contribution in [2.45, 2.75) is 0 Å². The van der Waals surface area contributed by atoms with E-state index in [0.29, 0.717) is 11.3 Å². The van der Waals surface area contributed by atoms with Crippen molar-refractivity contribution in [3.63, 3.8) is 0 Å². The number of hydrogen-bond donors (Lipinski definition) is 1. The van der Waals surface area contributed by atoms with E-state index < -0.39 is 35.7 Å². The van der Waals surface area contributed by atoms with Gasteiger partial charge in [0.15, 0.2) is 18.1 Å². The van der Waals surface area contributed by atoms with Gasteiger partial charge in [-0.15, -0.1) is 0 Å². The molecule has 0 aliphatic rings. The topological polar surface area (TPSA) is 134 Å². The third-order valence-corrected chi connectivity index (χ3v) is 3.81. The summed E-state index contributed by atoms with van der Waals surface area (Å²) < 4.78 is 14.7. The summed E-state index contributed by atoms with van der Waals surface area (Å²) >= 11 is 0. The number of carbonyl (C=O) groups excluding carboxylic acids is 3. The van der Waals surface area contributed by atoms with Crippen molar-refractivity contribution >= 4 is 23.3 Å². The van der Waals surface area contributed by atoms with Crippen LogP contribution in [-0.4, -0.2) is 50.0 Å². The van der Waals surface area contributed by atoms with Crippen LogP contribution < -0.4 is 14.8 Å². The lowest BCUT2D eigenvalue weighted by Crippen LogP contribution is -2.31. The minimum atomic E-state index is -0.830. The van der Waals surface area contributed by atoms with Crippen LogP contribution in [0.3, 0.4) is 0 Å². The molecule has 10 nitrogen and oxygen atoms in total. The van der Waals surface area contributed by atoms with Gasteiger partial charge in [-0.2, -0.15) is 0 Å². The molecule has 152 valence electrons. The van der Waals surface area contributed by atoms with Crippen molar-refractivity contribution in [3.05, 3.63) is 63.7 Å². The standard InChI is InChI=1S/C19H18N2O8/c1-27-14-6-3-12(4-7-14)16(22)11-29-18(23)10-20-19(24)13-5-8-17(28-2)15(9-13)21(25)26/h3-9H,10-11H2,1-2H3,(H,20,24). The Kier molecular flexibility index (Phi) is 7.24. The van der Waals surface area contributed by atoms with Crippen LogP contribution in [0.1, 0.15) is 20.7 Å². The van der Waals surface area contributed by atoms with E-state index >= 15 is 0 Å². The van der Waals surface area contributed by atoms with Crippen molar-refractivity contribution in [1.82, 2.24) is 5.32 Å². The fraction of sp³-hybridized carbons (Fsp3) is 0.211. The van der Waals surface area contributed by atoms with Crippen LogP contribution in [0.4, 0.5) is 5.69 Å². The molecule has 1 N–H and O–H groups in total. The van der Waals surface area contributed by atoms with Crippen LogP contribution in [-0.2, 0) is 9.53 Å². The first-order chi connectivity index (χ1) is 13.8. The highest BCUT2D eigenvalue weighted by Crippen LogP contribution is 2.27. The van der Waals surface area contributed by atoms with Gasteiger partial charge in [0.2, 0.25) is 0 Å². The number of nitro benzene ring substituents is 1. The SMILES string of the molecule is COc1ccc(C(=O)COC(=O)CNC(=O)c2ccc(OC)c([N+](=O)[O-])c2)cc1.